The maximum atomic E-state index is 12.0. The first-order valence-electron chi connectivity index (χ1n) is 5.92. The van der Waals surface area contributed by atoms with Gasteiger partial charge in [-0.1, -0.05) is 6.07 Å². The van der Waals surface area contributed by atoms with Crippen molar-refractivity contribution in [2.75, 3.05) is 0 Å². The molecule has 0 unspecified atom stereocenters. The normalized spacial score (nSPS) is 10.8. The number of carbonyl (C=O) groups is 1. The summed E-state index contributed by atoms with van der Waals surface area (Å²) in [5, 5.41) is 11.6. The fourth-order valence-corrected chi connectivity index (χ4v) is 1.92. The Labute approximate surface area is 109 Å². The van der Waals surface area contributed by atoms with Crippen molar-refractivity contribution in [1.29, 1.82) is 0 Å². The number of carbonyl (C=O) groups excluding carboxylic acids is 1. The molecule has 1 aromatic carbocycles. The lowest BCUT2D eigenvalue weighted by Gasteiger charge is -2.04. The molecule has 0 radical (unpaired) electrons. The summed E-state index contributed by atoms with van der Waals surface area (Å²) in [7, 11) is 1.84. The van der Waals surface area contributed by atoms with Crippen LogP contribution >= 0.6 is 0 Å². The van der Waals surface area contributed by atoms with Crippen molar-refractivity contribution in [1.82, 2.24) is 25.1 Å². The zero-order valence-corrected chi connectivity index (χ0v) is 10.4. The number of aromatic amines is 1. The van der Waals surface area contributed by atoms with Crippen LogP contribution in [0.4, 0.5) is 0 Å². The van der Waals surface area contributed by atoms with Crippen molar-refractivity contribution in [2.24, 2.45) is 7.05 Å². The second-order valence-electron chi connectivity index (χ2n) is 4.32. The maximum Gasteiger partial charge on any atom is 0.251 e. The van der Waals surface area contributed by atoms with E-state index < -0.39 is 0 Å². The van der Waals surface area contributed by atoms with Gasteiger partial charge in [0.15, 0.2) is 5.82 Å². The van der Waals surface area contributed by atoms with Crippen molar-refractivity contribution >= 4 is 16.8 Å². The first kappa shape index (κ1) is 11.5. The molecule has 0 aliphatic heterocycles. The van der Waals surface area contributed by atoms with Gasteiger partial charge in [0.25, 0.3) is 5.91 Å². The number of amides is 1. The number of fused-ring (bicyclic) bond motifs is 1. The fourth-order valence-electron chi connectivity index (χ4n) is 1.92. The molecule has 0 spiro atoms. The molecule has 2 aromatic heterocycles. The Bertz CT molecular complexity index is 727. The minimum Gasteiger partial charge on any atom is -0.361 e. The number of H-pyrrole nitrogens is 1. The van der Waals surface area contributed by atoms with Crippen molar-refractivity contribution in [3.63, 3.8) is 0 Å². The van der Waals surface area contributed by atoms with E-state index >= 15 is 0 Å². The highest BCUT2D eigenvalue weighted by molar-refractivity contribution is 5.97. The second-order valence-corrected chi connectivity index (χ2v) is 4.32. The molecule has 2 heterocycles. The summed E-state index contributed by atoms with van der Waals surface area (Å²) in [6, 6.07) is 7.53. The maximum absolute atomic E-state index is 12.0. The molecule has 0 aliphatic rings. The number of benzene rings is 1. The Morgan fingerprint density at radius 3 is 3.11 bits per heavy atom. The lowest BCUT2D eigenvalue weighted by Crippen LogP contribution is -2.24. The van der Waals surface area contributed by atoms with E-state index in [9.17, 15) is 4.79 Å². The van der Waals surface area contributed by atoms with E-state index in [0.717, 1.165) is 10.9 Å². The van der Waals surface area contributed by atoms with E-state index in [0.29, 0.717) is 17.9 Å². The van der Waals surface area contributed by atoms with E-state index in [1.165, 1.54) is 0 Å². The third-order valence-corrected chi connectivity index (χ3v) is 3.03. The summed E-state index contributed by atoms with van der Waals surface area (Å²) >= 11 is 0. The number of hydrogen-bond donors (Lipinski definition) is 2. The van der Waals surface area contributed by atoms with E-state index in [2.05, 4.69) is 20.5 Å². The van der Waals surface area contributed by atoms with E-state index in [-0.39, 0.29) is 5.91 Å². The predicted molar refractivity (Wildman–Crippen MR) is 70.5 cm³/mol. The quantitative estimate of drug-likeness (QED) is 0.739. The van der Waals surface area contributed by atoms with Crippen LogP contribution in [0.5, 0.6) is 0 Å². The molecule has 0 saturated carbocycles. The number of hydrogen-bond acceptors (Lipinski definition) is 3. The van der Waals surface area contributed by atoms with Gasteiger partial charge in [-0.3, -0.25) is 4.79 Å². The van der Waals surface area contributed by atoms with Gasteiger partial charge in [0, 0.05) is 24.3 Å². The molecule has 0 fully saturated rings. The Morgan fingerprint density at radius 2 is 2.32 bits per heavy atom. The predicted octanol–water partition coefficient (Wildman–Crippen LogP) is 1.23. The van der Waals surface area contributed by atoms with Crippen LogP contribution in [0.2, 0.25) is 0 Å². The highest BCUT2D eigenvalue weighted by Gasteiger charge is 2.08. The van der Waals surface area contributed by atoms with Gasteiger partial charge in [-0.15, -0.1) is 10.2 Å². The van der Waals surface area contributed by atoms with Gasteiger partial charge >= 0.3 is 0 Å². The molecule has 96 valence electrons. The number of nitrogens with zero attached hydrogens (tertiary/aromatic N) is 3. The van der Waals surface area contributed by atoms with Crippen molar-refractivity contribution < 1.29 is 4.79 Å². The topological polar surface area (TPSA) is 75.6 Å². The van der Waals surface area contributed by atoms with Crippen LogP contribution in [0.1, 0.15) is 16.2 Å². The van der Waals surface area contributed by atoms with E-state index in [1.54, 1.807) is 10.9 Å². The Kier molecular flexibility index (Phi) is 2.75. The number of aromatic nitrogens is 4. The molecule has 3 aromatic rings. The van der Waals surface area contributed by atoms with Crippen molar-refractivity contribution in [2.45, 2.75) is 6.54 Å². The molecule has 6 heteroatoms. The first-order chi connectivity index (χ1) is 9.24. The van der Waals surface area contributed by atoms with Crippen LogP contribution < -0.4 is 5.32 Å². The standard InChI is InChI=1S/C13H13N5O/c1-18-8-16-17-12(18)7-15-13(19)10-3-2-9-4-5-14-11(9)6-10/h2-6,8,14H,7H2,1H3,(H,15,19). The average molecular weight is 255 g/mol. The summed E-state index contributed by atoms with van der Waals surface area (Å²) in [6.45, 7) is 0.359. The number of rotatable bonds is 3. The summed E-state index contributed by atoms with van der Waals surface area (Å²) in [5.74, 6) is 0.591. The van der Waals surface area contributed by atoms with Gasteiger partial charge in [0.2, 0.25) is 0 Å². The van der Waals surface area contributed by atoms with Gasteiger partial charge in [-0.2, -0.15) is 0 Å². The van der Waals surface area contributed by atoms with Crippen LogP contribution in [0.15, 0.2) is 36.8 Å². The van der Waals surface area contributed by atoms with Crippen molar-refractivity contribution in [3.8, 4) is 0 Å². The smallest absolute Gasteiger partial charge is 0.251 e. The van der Waals surface area contributed by atoms with Gasteiger partial charge in [-0.05, 0) is 23.6 Å². The minimum absolute atomic E-state index is 0.125. The van der Waals surface area contributed by atoms with Crippen LogP contribution in [0.25, 0.3) is 10.9 Å². The Hall–Kier alpha value is -2.63. The van der Waals surface area contributed by atoms with Crippen LogP contribution in [-0.2, 0) is 13.6 Å². The SMILES string of the molecule is Cn1cnnc1CNC(=O)c1ccc2cc[nH]c2c1. The largest absolute Gasteiger partial charge is 0.361 e. The summed E-state index contributed by atoms with van der Waals surface area (Å²) in [5.41, 5.74) is 1.57. The van der Waals surface area contributed by atoms with Crippen LogP contribution in [0.3, 0.4) is 0 Å². The molecule has 2 N–H and O–H groups in total. The third kappa shape index (κ3) is 2.20. The van der Waals surface area contributed by atoms with Gasteiger partial charge in [0.05, 0.1) is 6.54 Å². The zero-order valence-electron chi connectivity index (χ0n) is 10.4. The van der Waals surface area contributed by atoms with Gasteiger partial charge < -0.3 is 14.9 Å². The molecule has 0 atom stereocenters. The molecule has 3 rings (SSSR count). The second kappa shape index (κ2) is 4.56. The lowest BCUT2D eigenvalue weighted by atomic mass is 10.1. The molecular formula is C13H13N5O. The Balaban J connectivity index is 1.74. The van der Waals surface area contributed by atoms with Gasteiger partial charge in [0.1, 0.15) is 6.33 Å². The molecular weight excluding hydrogens is 242 g/mol. The number of nitrogens with one attached hydrogen (secondary N) is 2. The summed E-state index contributed by atoms with van der Waals surface area (Å²) in [4.78, 5) is 15.1. The third-order valence-electron chi connectivity index (χ3n) is 3.03. The highest BCUT2D eigenvalue weighted by Crippen LogP contribution is 2.14. The highest BCUT2D eigenvalue weighted by atomic mass is 16.1. The number of aryl methyl sites for hydroxylation is 1. The lowest BCUT2D eigenvalue weighted by molar-refractivity contribution is 0.0949. The molecule has 1 amide bonds. The summed E-state index contributed by atoms with van der Waals surface area (Å²) < 4.78 is 1.77. The van der Waals surface area contributed by atoms with E-state index in [4.69, 9.17) is 0 Å². The molecule has 6 nitrogen and oxygen atoms in total. The average Bonchev–Trinajstić information content (AvgIpc) is 3.03. The monoisotopic (exact) mass is 255 g/mol. The minimum atomic E-state index is -0.125. The van der Waals surface area contributed by atoms with Crippen LogP contribution in [-0.4, -0.2) is 25.7 Å². The Morgan fingerprint density at radius 1 is 1.42 bits per heavy atom. The summed E-state index contributed by atoms with van der Waals surface area (Å²) in [6.07, 6.45) is 3.46. The van der Waals surface area contributed by atoms with Gasteiger partial charge in [-0.25, -0.2) is 0 Å². The molecule has 0 saturated heterocycles. The van der Waals surface area contributed by atoms with Crippen LogP contribution in [0, 0.1) is 0 Å². The molecule has 19 heavy (non-hydrogen) atoms. The molecule has 0 bridgehead atoms. The van der Waals surface area contributed by atoms with E-state index in [1.807, 2.05) is 37.5 Å². The van der Waals surface area contributed by atoms with Crippen molar-refractivity contribution in [3.05, 3.63) is 48.2 Å². The molecule has 0 aliphatic carbocycles. The fraction of sp³-hybridized carbons (Fsp3) is 0.154. The zero-order chi connectivity index (χ0) is 13.2. The first-order valence-corrected chi connectivity index (χ1v) is 5.92.